The highest BCUT2D eigenvalue weighted by molar-refractivity contribution is 7.89. The van der Waals surface area contributed by atoms with E-state index < -0.39 is 21.9 Å². The van der Waals surface area contributed by atoms with Crippen molar-refractivity contribution in [1.29, 1.82) is 5.26 Å². The zero-order valence-electron chi connectivity index (χ0n) is 13.0. The molecule has 8 heteroatoms. The third kappa shape index (κ3) is 3.52. The number of nitrogens with one attached hydrogen (secondary N) is 1. The fourth-order valence-electron chi connectivity index (χ4n) is 2.63. The van der Waals surface area contributed by atoms with Gasteiger partial charge in [-0.25, -0.2) is 12.8 Å². The predicted octanol–water partition coefficient (Wildman–Crippen LogP) is 1.78. The molecule has 1 heterocycles. The molecule has 25 heavy (non-hydrogen) atoms. The summed E-state index contributed by atoms with van der Waals surface area (Å²) in [7, 11) is -3.88. The Balaban J connectivity index is 1.75. The summed E-state index contributed by atoms with van der Waals surface area (Å²) in [5.74, 6) is -0.794. The minimum Gasteiger partial charge on any atom is -0.311 e. The summed E-state index contributed by atoms with van der Waals surface area (Å²) in [5.41, 5.74) is 0.866. The maximum atomic E-state index is 13.0. The summed E-state index contributed by atoms with van der Waals surface area (Å²) < 4.78 is 40.2. The normalized spacial score (nSPS) is 17.5. The summed E-state index contributed by atoms with van der Waals surface area (Å²) >= 11 is 0. The monoisotopic (exact) mass is 359 g/mol. The molecule has 0 radical (unpaired) electrons. The first-order chi connectivity index (χ1) is 11.9. The van der Waals surface area contributed by atoms with Crippen LogP contribution in [-0.4, -0.2) is 26.9 Å². The van der Waals surface area contributed by atoms with E-state index in [0.717, 1.165) is 0 Å². The SMILES string of the molecule is N#Cc1ccc(S(=O)(=O)N[C@H]2CCN(c3ccc(F)cc3)C2=O)cc1. The van der Waals surface area contributed by atoms with Crippen molar-refractivity contribution in [3.63, 3.8) is 0 Å². The largest absolute Gasteiger partial charge is 0.311 e. The summed E-state index contributed by atoms with van der Waals surface area (Å²) in [5, 5.41) is 8.76. The Morgan fingerprint density at radius 3 is 2.36 bits per heavy atom. The molecule has 1 aliphatic heterocycles. The Bertz CT molecular complexity index is 935. The van der Waals surface area contributed by atoms with E-state index in [2.05, 4.69) is 4.72 Å². The number of anilines is 1. The van der Waals surface area contributed by atoms with Crippen LogP contribution in [0.3, 0.4) is 0 Å². The van der Waals surface area contributed by atoms with Gasteiger partial charge in [-0.3, -0.25) is 4.79 Å². The minimum absolute atomic E-state index is 0.0143. The molecule has 1 atom stereocenters. The van der Waals surface area contributed by atoms with Crippen molar-refractivity contribution >= 4 is 21.6 Å². The van der Waals surface area contributed by atoms with Gasteiger partial charge in [0.2, 0.25) is 15.9 Å². The van der Waals surface area contributed by atoms with Crippen LogP contribution in [-0.2, 0) is 14.8 Å². The second-order valence-electron chi connectivity index (χ2n) is 5.57. The molecule has 0 saturated carbocycles. The van der Waals surface area contributed by atoms with Crippen molar-refractivity contribution in [2.75, 3.05) is 11.4 Å². The zero-order chi connectivity index (χ0) is 18.0. The number of carbonyl (C=O) groups is 1. The molecule has 3 rings (SSSR count). The van der Waals surface area contributed by atoms with Crippen LogP contribution in [0.25, 0.3) is 0 Å². The number of carbonyl (C=O) groups excluding carboxylic acids is 1. The fourth-order valence-corrected chi connectivity index (χ4v) is 3.85. The van der Waals surface area contributed by atoms with E-state index in [0.29, 0.717) is 24.2 Å². The number of halogens is 1. The van der Waals surface area contributed by atoms with E-state index in [4.69, 9.17) is 5.26 Å². The van der Waals surface area contributed by atoms with Gasteiger partial charge in [0.25, 0.3) is 0 Å². The fraction of sp³-hybridized carbons (Fsp3) is 0.176. The van der Waals surface area contributed by atoms with E-state index in [1.165, 1.54) is 53.4 Å². The van der Waals surface area contributed by atoms with Crippen LogP contribution in [0.2, 0.25) is 0 Å². The van der Waals surface area contributed by atoms with Gasteiger partial charge < -0.3 is 4.90 Å². The number of benzene rings is 2. The molecular formula is C17H14FN3O3S. The summed E-state index contributed by atoms with van der Waals surface area (Å²) in [6.45, 7) is 0.338. The maximum absolute atomic E-state index is 13.0. The van der Waals surface area contributed by atoms with Crippen LogP contribution < -0.4 is 9.62 Å². The van der Waals surface area contributed by atoms with E-state index in [1.54, 1.807) is 0 Å². The molecule has 2 aromatic rings. The topological polar surface area (TPSA) is 90.3 Å². The molecule has 1 aliphatic rings. The number of nitrogens with zero attached hydrogens (tertiary/aromatic N) is 2. The summed E-state index contributed by atoms with van der Waals surface area (Å²) in [4.78, 5) is 13.9. The molecule has 1 fully saturated rings. The van der Waals surface area contributed by atoms with Crippen LogP contribution in [0, 0.1) is 17.1 Å². The van der Waals surface area contributed by atoms with Crippen LogP contribution in [0.5, 0.6) is 0 Å². The Hall–Kier alpha value is -2.76. The molecule has 6 nitrogen and oxygen atoms in total. The summed E-state index contributed by atoms with van der Waals surface area (Å²) in [6.07, 6.45) is 0.311. The average molecular weight is 359 g/mol. The first kappa shape index (κ1) is 17.1. The van der Waals surface area contributed by atoms with Gasteiger partial charge in [0, 0.05) is 12.2 Å². The lowest BCUT2D eigenvalue weighted by atomic mass is 10.2. The van der Waals surface area contributed by atoms with Crippen molar-refractivity contribution in [3.8, 4) is 6.07 Å². The van der Waals surface area contributed by atoms with Gasteiger partial charge >= 0.3 is 0 Å². The molecule has 0 spiro atoms. The molecule has 0 aromatic heterocycles. The van der Waals surface area contributed by atoms with Crippen molar-refractivity contribution in [2.45, 2.75) is 17.4 Å². The van der Waals surface area contributed by atoms with Crippen LogP contribution in [0.1, 0.15) is 12.0 Å². The lowest BCUT2D eigenvalue weighted by molar-refractivity contribution is -0.118. The van der Waals surface area contributed by atoms with Crippen molar-refractivity contribution in [3.05, 3.63) is 59.9 Å². The molecule has 1 saturated heterocycles. The number of rotatable bonds is 4. The van der Waals surface area contributed by atoms with Crippen molar-refractivity contribution < 1.29 is 17.6 Å². The van der Waals surface area contributed by atoms with Gasteiger partial charge in [-0.1, -0.05) is 0 Å². The third-order valence-electron chi connectivity index (χ3n) is 3.93. The number of nitriles is 1. The standard InChI is InChI=1S/C17H14FN3O3S/c18-13-3-5-14(6-4-13)21-10-9-16(17(21)22)20-25(23,24)15-7-1-12(11-19)2-8-15/h1-8,16,20H,9-10H2/t16-/m0/s1. The zero-order valence-corrected chi connectivity index (χ0v) is 13.8. The Labute approximate surface area is 144 Å². The van der Waals surface area contributed by atoms with Crippen LogP contribution in [0.15, 0.2) is 53.4 Å². The molecule has 1 amide bonds. The van der Waals surface area contributed by atoms with Gasteiger partial charge in [0.1, 0.15) is 11.9 Å². The third-order valence-corrected chi connectivity index (χ3v) is 5.42. The van der Waals surface area contributed by atoms with Crippen molar-refractivity contribution in [2.24, 2.45) is 0 Å². The van der Waals surface area contributed by atoms with Gasteiger partial charge in [-0.15, -0.1) is 0 Å². The average Bonchev–Trinajstić information content (AvgIpc) is 2.96. The smallest absolute Gasteiger partial charge is 0.245 e. The second kappa shape index (κ2) is 6.63. The quantitative estimate of drug-likeness (QED) is 0.901. The van der Waals surface area contributed by atoms with Gasteiger partial charge in [-0.2, -0.15) is 9.98 Å². The van der Waals surface area contributed by atoms with E-state index >= 15 is 0 Å². The number of sulfonamides is 1. The van der Waals surface area contributed by atoms with Gasteiger partial charge in [0.05, 0.1) is 16.5 Å². The lowest BCUT2D eigenvalue weighted by Crippen LogP contribution is -2.41. The first-order valence-corrected chi connectivity index (χ1v) is 8.98. The first-order valence-electron chi connectivity index (χ1n) is 7.50. The summed E-state index contributed by atoms with van der Waals surface area (Å²) in [6, 6.07) is 11.9. The molecule has 1 N–H and O–H groups in total. The number of hydrogen-bond donors (Lipinski definition) is 1. The highest BCUT2D eigenvalue weighted by Gasteiger charge is 2.35. The minimum atomic E-state index is -3.88. The highest BCUT2D eigenvalue weighted by Crippen LogP contribution is 2.23. The number of amides is 1. The lowest BCUT2D eigenvalue weighted by Gasteiger charge is -2.17. The van der Waals surface area contributed by atoms with E-state index in [-0.39, 0.29) is 10.8 Å². The van der Waals surface area contributed by atoms with Crippen LogP contribution in [0.4, 0.5) is 10.1 Å². The molecule has 0 aliphatic carbocycles. The highest BCUT2D eigenvalue weighted by atomic mass is 32.2. The molecule has 0 bridgehead atoms. The Morgan fingerprint density at radius 1 is 1.12 bits per heavy atom. The Kier molecular flexibility index (Phi) is 4.53. The molecule has 0 unspecified atom stereocenters. The molecule has 128 valence electrons. The maximum Gasteiger partial charge on any atom is 0.245 e. The number of hydrogen-bond acceptors (Lipinski definition) is 4. The van der Waals surface area contributed by atoms with Gasteiger partial charge in [0.15, 0.2) is 0 Å². The predicted molar refractivity (Wildman–Crippen MR) is 88.6 cm³/mol. The molecular weight excluding hydrogens is 345 g/mol. The van der Waals surface area contributed by atoms with Crippen LogP contribution >= 0.6 is 0 Å². The van der Waals surface area contributed by atoms with E-state index in [9.17, 15) is 17.6 Å². The van der Waals surface area contributed by atoms with Gasteiger partial charge in [-0.05, 0) is 55.0 Å². The Morgan fingerprint density at radius 2 is 1.76 bits per heavy atom. The molecule has 2 aromatic carbocycles. The second-order valence-corrected chi connectivity index (χ2v) is 7.28. The van der Waals surface area contributed by atoms with E-state index in [1.807, 2.05) is 6.07 Å². The van der Waals surface area contributed by atoms with Crippen molar-refractivity contribution in [1.82, 2.24) is 4.72 Å².